The van der Waals surface area contributed by atoms with Gasteiger partial charge in [-0.25, -0.2) is 0 Å². The van der Waals surface area contributed by atoms with Gasteiger partial charge in [0.05, 0.1) is 19.3 Å². The number of amides is 1. The summed E-state index contributed by atoms with van der Waals surface area (Å²) < 4.78 is 5.71. The van der Waals surface area contributed by atoms with Crippen LogP contribution in [-0.4, -0.2) is 85.8 Å². The number of carboxylic acid groups (broad SMARTS) is 1. The normalized spacial score (nSPS) is 20.7. The van der Waals surface area contributed by atoms with Crippen molar-refractivity contribution in [1.29, 1.82) is 0 Å². The second-order valence-electron chi connectivity index (χ2n) is 7.43. The summed E-state index contributed by atoms with van der Waals surface area (Å²) >= 11 is 0. The van der Waals surface area contributed by atoms with Crippen LogP contribution in [0.2, 0.25) is 0 Å². The van der Waals surface area contributed by atoms with E-state index in [9.17, 15) is 9.59 Å². The van der Waals surface area contributed by atoms with Crippen LogP contribution < -0.4 is 4.90 Å². The fourth-order valence-electron chi connectivity index (χ4n) is 3.81. The number of carbonyl (C=O) groups is 2. The third-order valence-corrected chi connectivity index (χ3v) is 5.18. The van der Waals surface area contributed by atoms with E-state index in [0.717, 1.165) is 13.1 Å². The Balaban J connectivity index is 1.57. The van der Waals surface area contributed by atoms with Crippen LogP contribution in [0.5, 0.6) is 0 Å². The molecule has 7 heteroatoms. The Hall–Kier alpha value is -2.12. The smallest absolute Gasteiger partial charge is 0.317 e. The molecular weight excluding hydrogens is 346 g/mol. The van der Waals surface area contributed by atoms with Crippen molar-refractivity contribution < 1.29 is 19.4 Å². The van der Waals surface area contributed by atoms with Crippen LogP contribution in [0.15, 0.2) is 24.3 Å². The molecule has 148 valence electrons. The molecule has 0 saturated carbocycles. The van der Waals surface area contributed by atoms with Crippen molar-refractivity contribution in [3.05, 3.63) is 29.8 Å². The number of hydrogen-bond acceptors (Lipinski definition) is 5. The summed E-state index contributed by atoms with van der Waals surface area (Å²) in [4.78, 5) is 29.5. The van der Waals surface area contributed by atoms with Crippen molar-refractivity contribution >= 4 is 17.6 Å². The molecule has 7 nitrogen and oxygen atoms in total. The van der Waals surface area contributed by atoms with Gasteiger partial charge in [0, 0.05) is 44.0 Å². The Labute approximate surface area is 160 Å². The lowest BCUT2D eigenvalue weighted by Crippen LogP contribution is -2.49. The van der Waals surface area contributed by atoms with Gasteiger partial charge in [-0.3, -0.25) is 14.5 Å². The molecule has 2 saturated heterocycles. The summed E-state index contributed by atoms with van der Waals surface area (Å²) in [5.74, 6) is -0.857. The number of piperidine rings is 1. The average molecular weight is 375 g/mol. The largest absolute Gasteiger partial charge is 0.480 e. The lowest BCUT2D eigenvalue weighted by Gasteiger charge is -2.34. The predicted octanol–water partition coefficient (Wildman–Crippen LogP) is 1.53. The second-order valence-corrected chi connectivity index (χ2v) is 7.43. The molecule has 2 fully saturated rings. The van der Waals surface area contributed by atoms with Crippen LogP contribution in [0.4, 0.5) is 5.69 Å². The first kappa shape index (κ1) is 19.6. The van der Waals surface area contributed by atoms with E-state index in [1.165, 1.54) is 24.9 Å². The summed E-state index contributed by atoms with van der Waals surface area (Å²) in [6, 6.07) is 7.90. The van der Waals surface area contributed by atoms with Crippen molar-refractivity contribution in [2.75, 3.05) is 57.8 Å². The molecule has 1 unspecified atom stereocenters. The summed E-state index contributed by atoms with van der Waals surface area (Å²) in [6.45, 7) is 4.14. The van der Waals surface area contributed by atoms with Crippen LogP contribution >= 0.6 is 0 Å². The first-order chi connectivity index (χ1) is 13.0. The van der Waals surface area contributed by atoms with Gasteiger partial charge in [-0.2, -0.15) is 0 Å². The van der Waals surface area contributed by atoms with E-state index in [2.05, 4.69) is 4.90 Å². The fraction of sp³-hybridized carbons (Fsp3) is 0.600. The van der Waals surface area contributed by atoms with E-state index in [4.69, 9.17) is 9.84 Å². The number of carbonyl (C=O) groups excluding carboxylic acids is 1. The summed E-state index contributed by atoms with van der Waals surface area (Å²) in [6.07, 6.45) is 3.59. The molecule has 2 aliphatic heterocycles. The molecule has 0 bridgehead atoms. The van der Waals surface area contributed by atoms with Crippen molar-refractivity contribution in [2.45, 2.75) is 25.4 Å². The van der Waals surface area contributed by atoms with Crippen LogP contribution in [0.25, 0.3) is 0 Å². The Kier molecular flexibility index (Phi) is 6.68. The zero-order chi connectivity index (χ0) is 19.2. The zero-order valence-electron chi connectivity index (χ0n) is 16.0. The Morgan fingerprint density at radius 3 is 2.52 bits per heavy atom. The molecule has 2 aliphatic rings. The Morgan fingerprint density at radius 1 is 1.15 bits per heavy atom. The standard InChI is InChI=1S/C20H29N3O4/c1-21(15-19(24)25)13-18-14-23(11-12-27-18)20(26)16-5-7-17(8-6-16)22-9-3-2-4-10-22/h5-8,18H,2-4,9-15H2,1H3,(H,24,25). The molecule has 1 aromatic rings. The molecule has 1 amide bonds. The highest BCUT2D eigenvalue weighted by atomic mass is 16.5. The molecule has 1 atom stereocenters. The highest BCUT2D eigenvalue weighted by molar-refractivity contribution is 5.94. The summed E-state index contributed by atoms with van der Waals surface area (Å²) in [5.41, 5.74) is 1.87. The zero-order valence-corrected chi connectivity index (χ0v) is 16.0. The first-order valence-corrected chi connectivity index (χ1v) is 9.69. The SMILES string of the molecule is CN(CC(=O)O)CC1CN(C(=O)c2ccc(N3CCCCC3)cc2)CCO1. The highest BCUT2D eigenvalue weighted by Crippen LogP contribution is 2.21. The van der Waals surface area contributed by atoms with Crippen molar-refractivity contribution in [3.63, 3.8) is 0 Å². The number of carboxylic acids is 1. The minimum absolute atomic E-state index is 0.00869. The van der Waals surface area contributed by atoms with Gasteiger partial charge >= 0.3 is 5.97 Å². The van der Waals surface area contributed by atoms with Gasteiger partial charge in [0.15, 0.2) is 0 Å². The second kappa shape index (κ2) is 9.19. The minimum Gasteiger partial charge on any atom is -0.480 e. The van der Waals surface area contributed by atoms with E-state index in [1.54, 1.807) is 16.8 Å². The maximum atomic E-state index is 12.8. The van der Waals surface area contributed by atoms with Crippen LogP contribution in [-0.2, 0) is 9.53 Å². The number of morpholine rings is 1. The molecule has 0 aromatic heterocycles. The quantitative estimate of drug-likeness (QED) is 0.813. The van der Waals surface area contributed by atoms with Gasteiger partial charge in [0.25, 0.3) is 5.91 Å². The number of ether oxygens (including phenoxy) is 1. The predicted molar refractivity (Wildman–Crippen MR) is 103 cm³/mol. The Bertz CT molecular complexity index is 643. The monoisotopic (exact) mass is 375 g/mol. The lowest BCUT2D eigenvalue weighted by atomic mass is 10.1. The van der Waals surface area contributed by atoms with Crippen molar-refractivity contribution in [1.82, 2.24) is 9.80 Å². The third-order valence-electron chi connectivity index (χ3n) is 5.18. The summed E-state index contributed by atoms with van der Waals surface area (Å²) in [7, 11) is 1.75. The van der Waals surface area contributed by atoms with Gasteiger partial charge in [-0.1, -0.05) is 0 Å². The molecule has 0 aliphatic carbocycles. The average Bonchev–Trinajstić information content (AvgIpc) is 2.68. The first-order valence-electron chi connectivity index (χ1n) is 9.69. The Morgan fingerprint density at radius 2 is 1.85 bits per heavy atom. The number of benzene rings is 1. The molecule has 1 N–H and O–H groups in total. The molecule has 0 spiro atoms. The highest BCUT2D eigenvalue weighted by Gasteiger charge is 2.26. The molecule has 27 heavy (non-hydrogen) atoms. The van der Waals surface area contributed by atoms with E-state index in [0.29, 0.717) is 31.8 Å². The summed E-state index contributed by atoms with van der Waals surface area (Å²) in [5, 5.41) is 8.87. The maximum Gasteiger partial charge on any atom is 0.317 e. The van der Waals surface area contributed by atoms with Crippen LogP contribution in [0.3, 0.4) is 0 Å². The maximum absolute atomic E-state index is 12.8. The van der Waals surface area contributed by atoms with Crippen LogP contribution in [0.1, 0.15) is 29.6 Å². The molecule has 3 rings (SSSR count). The number of likely N-dealkylation sites (N-methyl/N-ethyl adjacent to an activating group) is 1. The molecule has 1 aromatic carbocycles. The number of nitrogens with zero attached hydrogens (tertiary/aromatic N) is 3. The molecule has 2 heterocycles. The number of hydrogen-bond donors (Lipinski definition) is 1. The van der Waals surface area contributed by atoms with Gasteiger partial charge in [-0.05, 0) is 50.6 Å². The van der Waals surface area contributed by atoms with Gasteiger partial charge in [-0.15, -0.1) is 0 Å². The fourth-order valence-corrected chi connectivity index (χ4v) is 3.81. The minimum atomic E-state index is -0.866. The van der Waals surface area contributed by atoms with E-state index >= 15 is 0 Å². The van der Waals surface area contributed by atoms with Gasteiger partial charge < -0.3 is 19.6 Å². The third kappa shape index (κ3) is 5.43. The number of rotatable bonds is 6. The van der Waals surface area contributed by atoms with E-state index in [-0.39, 0.29) is 18.6 Å². The van der Waals surface area contributed by atoms with E-state index < -0.39 is 5.97 Å². The number of aliphatic carboxylic acids is 1. The lowest BCUT2D eigenvalue weighted by molar-refractivity contribution is -0.138. The van der Waals surface area contributed by atoms with Crippen molar-refractivity contribution in [3.8, 4) is 0 Å². The number of anilines is 1. The van der Waals surface area contributed by atoms with Gasteiger partial charge in [0.2, 0.25) is 0 Å². The topological polar surface area (TPSA) is 73.3 Å². The van der Waals surface area contributed by atoms with Crippen molar-refractivity contribution in [2.24, 2.45) is 0 Å². The molecular formula is C20H29N3O4. The molecule has 0 radical (unpaired) electrons. The van der Waals surface area contributed by atoms with Gasteiger partial charge in [0.1, 0.15) is 0 Å². The van der Waals surface area contributed by atoms with E-state index in [1.807, 2.05) is 24.3 Å². The van der Waals surface area contributed by atoms with Crippen LogP contribution in [0, 0.1) is 0 Å².